The zero-order valence-corrected chi connectivity index (χ0v) is 16.8. The molecule has 12 heteroatoms. The van der Waals surface area contributed by atoms with E-state index in [1.165, 1.54) is 11.8 Å². The summed E-state index contributed by atoms with van der Waals surface area (Å²) in [6.07, 6.45) is -1.05. The summed E-state index contributed by atoms with van der Waals surface area (Å²) in [5.74, 6) is -1.24. The minimum absolute atomic E-state index is 0.00747. The summed E-state index contributed by atoms with van der Waals surface area (Å²) in [6.45, 7) is 3.61. The highest BCUT2D eigenvalue weighted by atomic mass is 32.2. The predicted molar refractivity (Wildman–Crippen MR) is 92.1 cm³/mol. The molecule has 0 saturated carbocycles. The molecule has 10 nitrogen and oxygen atoms in total. The lowest BCUT2D eigenvalue weighted by molar-refractivity contribution is -0.142. The molecule has 2 heterocycles. The maximum Gasteiger partial charge on any atom is 0.409 e. The van der Waals surface area contributed by atoms with Crippen molar-refractivity contribution < 1.29 is 36.4 Å². The van der Waals surface area contributed by atoms with Crippen LogP contribution in [-0.4, -0.2) is 75.9 Å². The summed E-state index contributed by atoms with van der Waals surface area (Å²) in [5.41, 5.74) is -0.745. The molecule has 0 radical (unpaired) electrons. The molecule has 0 aliphatic carbocycles. The first-order valence-electron chi connectivity index (χ1n) is 8.22. The van der Waals surface area contributed by atoms with E-state index in [9.17, 15) is 22.6 Å². The molecule has 2 saturated heterocycles. The number of amides is 1. The number of rotatable bonds is 5. The second kappa shape index (κ2) is 7.93. The monoisotopic (exact) mass is 412 g/mol. The Balaban J connectivity index is 2.04. The van der Waals surface area contributed by atoms with Gasteiger partial charge in [0.15, 0.2) is 15.9 Å². The SMILES string of the molecule is COC(=O)CCNC(=O)[C@@H]1OP(=O)(N2CCS(=O)(=O)CC2)OCC1(C)C. The summed E-state index contributed by atoms with van der Waals surface area (Å²) >= 11 is 0. The van der Waals surface area contributed by atoms with Crippen molar-refractivity contribution in [2.45, 2.75) is 26.4 Å². The Labute approximate surface area is 153 Å². The van der Waals surface area contributed by atoms with Crippen LogP contribution >= 0.6 is 7.75 Å². The van der Waals surface area contributed by atoms with E-state index in [-0.39, 0.29) is 44.2 Å². The summed E-state index contributed by atoms with van der Waals surface area (Å²) in [6, 6.07) is 0. The van der Waals surface area contributed by atoms with Crippen LogP contribution in [0.15, 0.2) is 0 Å². The molecule has 0 spiro atoms. The van der Waals surface area contributed by atoms with E-state index in [0.717, 1.165) is 0 Å². The van der Waals surface area contributed by atoms with E-state index < -0.39 is 41.0 Å². The first kappa shape index (κ1) is 21.3. The van der Waals surface area contributed by atoms with E-state index in [1.807, 2.05) is 0 Å². The first-order chi connectivity index (χ1) is 12.0. The van der Waals surface area contributed by atoms with Crippen LogP contribution in [0.3, 0.4) is 0 Å². The second-order valence-corrected chi connectivity index (χ2v) is 11.2. The minimum atomic E-state index is -3.78. The fraction of sp³-hybridized carbons (Fsp3) is 0.857. The maximum absolute atomic E-state index is 13.1. The molecule has 2 aliphatic rings. The zero-order valence-electron chi connectivity index (χ0n) is 15.1. The Morgan fingerprint density at radius 3 is 2.50 bits per heavy atom. The van der Waals surface area contributed by atoms with E-state index in [2.05, 4.69) is 10.1 Å². The zero-order chi connectivity index (χ0) is 19.6. The maximum atomic E-state index is 13.1. The summed E-state index contributed by atoms with van der Waals surface area (Å²) < 4.78 is 53.1. The largest absolute Gasteiger partial charge is 0.469 e. The van der Waals surface area contributed by atoms with Crippen molar-refractivity contribution in [2.24, 2.45) is 5.41 Å². The third-order valence-corrected chi connectivity index (χ3v) is 7.94. The van der Waals surface area contributed by atoms with Gasteiger partial charge in [-0.3, -0.25) is 18.6 Å². The third kappa shape index (κ3) is 5.04. The van der Waals surface area contributed by atoms with Crippen LogP contribution in [0.5, 0.6) is 0 Å². The normalized spacial score (nSPS) is 31.1. The number of sulfone groups is 1. The Bertz CT molecular complexity index is 694. The summed E-state index contributed by atoms with van der Waals surface area (Å²) in [4.78, 5) is 23.6. The van der Waals surface area contributed by atoms with Crippen molar-refractivity contribution in [1.82, 2.24) is 9.99 Å². The van der Waals surface area contributed by atoms with Crippen LogP contribution in [-0.2, 0) is 37.8 Å². The van der Waals surface area contributed by atoms with Gasteiger partial charge in [-0.25, -0.2) is 17.7 Å². The van der Waals surface area contributed by atoms with Crippen molar-refractivity contribution in [3.8, 4) is 0 Å². The van der Waals surface area contributed by atoms with Crippen molar-refractivity contribution in [3.63, 3.8) is 0 Å². The Kier molecular flexibility index (Phi) is 6.50. The van der Waals surface area contributed by atoms with E-state index in [4.69, 9.17) is 9.05 Å². The molecule has 26 heavy (non-hydrogen) atoms. The molecular formula is C14H25N2O8PS. The molecule has 150 valence electrons. The molecule has 2 fully saturated rings. The smallest absolute Gasteiger partial charge is 0.409 e. The van der Waals surface area contributed by atoms with E-state index >= 15 is 0 Å². The standard InChI is InChI=1S/C14H25N2O8PS/c1-14(2)10-23-25(19,16-6-8-26(20,21)9-7-16)24-12(14)13(18)15-5-4-11(17)22-3/h12H,4-10H2,1-3H3,(H,15,18)/t12-,25?/m0/s1. The number of hydrogen-bond donors (Lipinski definition) is 1. The van der Waals surface area contributed by atoms with Crippen LogP contribution in [0.2, 0.25) is 0 Å². The van der Waals surface area contributed by atoms with Gasteiger partial charge in [-0.1, -0.05) is 13.8 Å². The van der Waals surface area contributed by atoms with Crippen LogP contribution in [0, 0.1) is 5.41 Å². The van der Waals surface area contributed by atoms with Gasteiger partial charge in [0.25, 0.3) is 0 Å². The van der Waals surface area contributed by atoms with Crippen LogP contribution in [0.1, 0.15) is 20.3 Å². The highest BCUT2D eigenvalue weighted by molar-refractivity contribution is 7.91. The number of hydrogen-bond acceptors (Lipinski definition) is 8. The lowest BCUT2D eigenvalue weighted by atomic mass is 9.87. The molecule has 1 amide bonds. The van der Waals surface area contributed by atoms with Crippen molar-refractivity contribution >= 4 is 29.5 Å². The van der Waals surface area contributed by atoms with Crippen molar-refractivity contribution in [2.75, 3.05) is 44.9 Å². The average molecular weight is 412 g/mol. The van der Waals surface area contributed by atoms with Crippen molar-refractivity contribution in [1.29, 1.82) is 0 Å². The number of nitrogens with one attached hydrogen (secondary N) is 1. The molecule has 2 rings (SSSR count). The Hall–Kier alpha value is -1.00. The molecule has 0 aromatic rings. The summed E-state index contributed by atoms with van der Waals surface area (Å²) in [5, 5.41) is 2.57. The molecule has 1 N–H and O–H groups in total. The van der Waals surface area contributed by atoms with Gasteiger partial charge in [-0.05, 0) is 0 Å². The molecule has 2 atom stereocenters. The molecule has 2 aliphatic heterocycles. The van der Waals surface area contributed by atoms with E-state index in [0.29, 0.717) is 0 Å². The fourth-order valence-corrected chi connectivity index (χ4v) is 6.27. The lowest BCUT2D eigenvalue weighted by Crippen LogP contribution is -2.52. The number of nitrogens with zero attached hydrogens (tertiary/aromatic N) is 1. The van der Waals surface area contributed by atoms with Gasteiger partial charge in [-0.15, -0.1) is 0 Å². The Morgan fingerprint density at radius 1 is 1.31 bits per heavy atom. The predicted octanol–water partition coefficient (Wildman–Crippen LogP) is -0.0542. The summed E-state index contributed by atoms with van der Waals surface area (Å²) in [7, 11) is -5.68. The number of esters is 1. The Morgan fingerprint density at radius 2 is 1.92 bits per heavy atom. The van der Waals surface area contributed by atoms with Gasteiger partial charge < -0.3 is 10.1 Å². The highest BCUT2D eigenvalue weighted by Gasteiger charge is 2.51. The lowest BCUT2D eigenvalue weighted by Gasteiger charge is -2.43. The topological polar surface area (TPSA) is 128 Å². The first-order valence-corrected chi connectivity index (χ1v) is 11.5. The molecule has 0 aromatic carbocycles. The fourth-order valence-electron chi connectivity index (χ4n) is 2.61. The average Bonchev–Trinajstić information content (AvgIpc) is 2.56. The molecule has 0 bridgehead atoms. The number of carbonyl (C=O) groups excluding carboxylic acids is 2. The molecule has 1 unspecified atom stereocenters. The van der Waals surface area contributed by atoms with Gasteiger partial charge in [0, 0.05) is 25.0 Å². The van der Waals surface area contributed by atoms with Crippen molar-refractivity contribution in [3.05, 3.63) is 0 Å². The number of carbonyl (C=O) groups is 2. The second-order valence-electron chi connectivity index (χ2n) is 6.94. The van der Waals surface area contributed by atoms with Crippen LogP contribution < -0.4 is 5.32 Å². The highest BCUT2D eigenvalue weighted by Crippen LogP contribution is 2.59. The number of methoxy groups -OCH3 is 1. The quantitative estimate of drug-likeness (QED) is 0.488. The van der Waals surface area contributed by atoms with Gasteiger partial charge in [0.1, 0.15) is 0 Å². The van der Waals surface area contributed by atoms with Gasteiger partial charge in [-0.2, -0.15) is 0 Å². The number of ether oxygens (including phenoxy) is 1. The minimum Gasteiger partial charge on any atom is -0.469 e. The van der Waals surface area contributed by atoms with Crippen LogP contribution in [0.4, 0.5) is 0 Å². The molecule has 0 aromatic heterocycles. The van der Waals surface area contributed by atoms with Crippen LogP contribution in [0.25, 0.3) is 0 Å². The van der Waals surface area contributed by atoms with E-state index in [1.54, 1.807) is 13.8 Å². The van der Waals surface area contributed by atoms with Gasteiger partial charge >= 0.3 is 13.7 Å². The van der Waals surface area contributed by atoms with Gasteiger partial charge in [0.2, 0.25) is 5.91 Å². The van der Waals surface area contributed by atoms with Gasteiger partial charge in [0.05, 0.1) is 31.6 Å². The third-order valence-electron chi connectivity index (χ3n) is 4.31. The molecular weight excluding hydrogens is 387 g/mol.